The summed E-state index contributed by atoms with van der Waals surface area (Å²) in [5.74, 6) is 0. The van der Waals surface area contributed by atoms with Crippen molar-refractivity contribution in [2.24, 2.45) is 5.41 Å². The van der Waals surface area contributed by atoms with Crippen molar-refractivity contribution < 1.29 is 4.21 Å². The number of benzene rings is 1. The van der Waals surface area contributed by atoms with Gasteiger partial charge in [-0.25, -0.2) is 8.93 Å². The summed E-state index contributed by atoms with van der Waals surface area (Å²) in [7, 11) is -1.08. The van der Waals surface area contributed by atoms with Gasteiger partial charge < -0.3 is 0 Å². The number of nitrogens with one attached hydrogen (secondary N) is 1. The lowest BCUT2D eigenvalue weighted by Crippen LogP contribution is -2.40. The molecular formula is C17H29NOS. The summed E-state index contributed by atoms with van der Waals surface area (Å²) in [5, 5.41) is 0. The Morgan fingerprint density at radius 3 is 1.95 bits per heavy atom. The zero-order chi connectivity index (χ0) is 15.7. The highest BCUT2D eigenvalue weighted by atomic mass is 32.2. The van der Waals surface area contributed by atoms with Gasteiger partial charge in [0.15, 0.2) is 0 Å². The molecule has 0 aromatic heterocycles. The molecule has 0 aliphatic carbocycles. The lowest BCUT2D eigenvalue weighted by atomic mass is 9.82. The molecule has 0 unspecified atom stereocenters. The Morgan fingerprint density at radius 2 is 1.55 bits per heavy atom. The summed E-state index contributed by atoms with van der Waals surface area (Å²) in [5.41, 5.74) is 3.78. The zero-order valence-corrected chi connectivity index (χ0v) is 14.9. The van der Waals surface area contributed by atoms with Crippen LogP contribution in [0.5, 0.6) is 0 Å². The van der Waals surface area contributed by atoms with E-state index in [0.29, 0.717) is 0 Å². The van der Waals surface area contributed by atoms with Gasteiger partial charge in [0.25, 0.3) is 0 Å². The van der Waals surface area contributed by atoms with E-state index >= 15 is 0 Å². The van der Waals surface area contributed by atoms with E-state index in [0.717, 1.165) is 0 Å². The minimum absolute atomic E-state index is 0.00259. The molecule has 0 saturated heterocycles. The number of hydrogen-bond acceptors (Lipinski definition) is 1. The van der Waals surface area contributed by atoms with Gasteiger partial charge in [-0.3, -0.25) is 0 Å². The lowest BCUT2D eigenvalue weighted by molar-refractivity contribution is 0.306. The van der Waals surface area contributed by atoms with Crippen LogP contribution in [0.2, 0.25) is 0 Å². The molecule has 2 nitrogen and oxygen atoms in total. The fourth-order valence-electron chi connectivity index (χ4n) is 1.97. The highest BCUT2D eigenvalue weighted by molar-refractivity contribution is 7.84. The van der Waals surface area contributed by atoms with E-state index in [1.807, 2.05) is 20.8 Å². The summed E-state index contributed by atoms with van der Waals surface area (Å²) in [6.07, 6.45) is 0. The fourth-order valence-corrected chi connectivity index (χ4v) is 3.03. The summed E-state index contributed by atoms with van der Waals surface area (Å²) >= 11 is 0. The monoisotopic (exact) mass is 295 g/mol. The number of rotatable bonds is 3. The highest BCUT2D eigenvalue weighted by Gasteiger charge is 2.31. The first kappa shape index (κ1) is 17.4. The maximum atomic E-state index is 12.4. The Hall–Kier alpha value is -0.670. The lowest BCUT2D eigenvalue weighted by Gasteiger charge is -2.34. The van der Waals surface area contributed by atoms with E-state index in [2.05, 4.69) is 57.5 Å². The first-order chi connectivity index (χ1) is 8.93. The number of hydrogen-bond donors (Lipinski definition) is 1. The maximum absolute atomic E-state index is 12.4. The van der Waals surface area contributed by atoms with Gasteiger partial charge in [-0.2, -0.15) is 0 Å². The molecule has 0 aliphatic heterocycles. The molecule has 0 saturated carbocycles. The SMILES string of the molecule is Cc1ccc([C@H](N[S@](=O)C(C)(C)C)C(C)(C)C)cc1C. The molecule has 1 N–H and O–H groups in total. The fraction of sp³-hybridized carbons (Fsp3) is 0.647. The molecule has 20 heavy (non-hydrogen) atoms. The molecule has 1 aromatic carbocycles. The second-order valence-electron chi connectivity index (χ2n) is 7.64. The van der Waals surface area contributed by atoms with Crippen LogP contribution < -0.4 is 4.72 Å². The zero-order valence-electron chi connectivity index (χ0n) is 14.1. The van der Waals surface area contributed by atoms with Crippen molar-refractivity contribution in [3.8, 4) is 0 Å². The largest absolute Gasteiger partial charge is 0.242 e. The highest BCUT2D eigenvalue weighted by Crippen LogP contribution is 2.34. The first-order valence-corrected chi connectivity index (χ1v) is 8.33. The second-order valence-corrected chi connectivity index (χ2v) is 9.64. The normalized spacial score (nSPS) is 16.0. The average molecular weight is 295 g/mol. The predicted octanol–water partition coefficient (Wildman–Crippen LogP) is 4.44. The summed E-state index contributed by atoms with van der Waals surface area (Å²) < 4.78 is 15.5. The van der Waals surface area contributed by atoms with Crippen molar-refractivity contribution in [2.75, 3.05) is 0 Å². The van der Waals surface area contributed by atoms with E-state index in [1.54, 1.807) is 0 Å². The van der Waals surface area contributed by atoms with E-state index < -0.39 is 11.0 Å². The molecule has 3 heteroatoms. The molecule has 0 aliphatic rings. The minimum Gasteiger partial charge on any atom is -0.242 e. The van der Waals surface area contributed by atoms with Gasteiger partial charge in [0.1, 0.15) is 0 Å². The van der Waals surface area contributed by atoms with E-state index in [9.17, 15) is 4.21 Å². The van der Waals surface area contributed by atoms with Crippen molar-refractivity contribution in [1.29, 1.82) is 0 Å². The second kappa shape index (κ2) is 5.98. The van der Waals surface area contributed by atoms with Crippen LogP contribution in [0.15, 0.2) is 18.2 Å². The Morgan fingerprint density at radius 1 is 1.00 bits per heavy atom. The summed E-state index contributed by atoms with van der Waals surface area (Å²) in [4.78, 5) is 0. The van der Waals surface area contributed by atoms with Gasteiger partial charge >= 0.3 is 0 Å². The van der Waals surface area contributed by atoms with Crippen LogP contribution in [-0.2, 0) is 11.0 Å². The van der Waals surface area contributed by atoms with Gasteiger partial charge in [-0.15, -0.1) is 0 Å². The maximum Gasteiger partial charge on any atom is 0.0976 e. The molecule has 0 heterocycles. The molecule has 1 rings (SSSR count). The Bertz CT molecular complexity index is 495. The number of aryl methyl sites for hydroxylation is 2. The third kappa shape index (κ3) is 4.42. The molecule has 1 aromatic rings. The van der Waals surface area contributed by atoms with E-state index in [4.69, 9.17) is 0 Å². The Labute approximate surface area is 127 Å². The molecule has 2 atom stereocenters. The van der Waals surface area contributed by atoms with Crippen LogP contribution >= 0.6 is 0 Å². The van der Waals surface area contributed by atoms with Crippen molar-refractivity contribution in [2.45, 2.75) is 66.2 Å². The van der Waals surface area contributed by atoms with Crippen LogP contribution in [0.4, 0.5) is 0 Å². The van der Waals surface area contributed by atoms with Crippen molar-refractivity contribution in [3.63, 3.8) is 0 Å². The average Bonchev–Trinajstić information content (AvgIpc) is 2.26. The smallest absolute Gasteiger partial charge is 0.0976 e. The Balaban J connectivity index is 3.14. The topological polar surface area (TPSA) is 29.1 Å². The third-order valence-electron chi connectivity index (χ3n) is 3.51. The van der Waals surface area contributed by atoms with Crippen molar-refractivity contribution in [3.05, 3.63) is 34.9 Å². The first-order valence-electron chi connectivity index (χ1n) is 7.18. The molecule has 0 fully saturated rings. The van der Waals surface area contributed by atoms with Gasteiger partial charge in [-0.05, 0) is 56.7 Å². The van der Waals surface area contributed by atoms with Crippen LogP contribution in [0.1, 0.15) is 64.3 Å². The quantitative estimate of drug-likeness (QED) is 0.877. The molecule has 0 bridgehead atoms. The van der Waals surface area contributed by atoms with Gasteiger partial charge in [0, 0.05) is 6.04 Å². The van der Waals surface area contributed by atoms with E-state index in [-0.39, 0.29) is 16.2 Å². The van der Waals surface area contributed by atoms with E-state index in [1.165, 1.54) is 16.7 Å². The molecular weight excluding hydrogens is 266 g/mol. The molecule has 0 spiro atoms. The molecule has 0 amide bonds. The van der Waals surface area contributed by atoms with Crippen molar-refractivity contribution in [1.82, 2.24) is 4.72 Å². The van der Waals surface area contributed by atoms with Crippen LogP contribution in [0, 0.1) is 19.3 Å². The summed E-state index contributed by atoms with van der Waals surface area (Å²) in [6, 6.07) is 6.57. The third-order valence-corrected chi connectivity index (χ3v) is 5.07. The van der Waals surface area contributed by atoms with Gasteiger partial charge in [-0.1, -0.05) is 39.0 Å². The van der Waals surface area contributed by atoms with Crippen molar-refractivity contribution >= 4 is 11.0 Å². The molecule has 0 radical (unpaired) electrons. The predicted molar refractivity (Wildman–Crippen MR) is 89.1 cm³/mol. The molecule has 114 valence electrons. The standard InChI is InChI=1S/C17H29NOS/c1-12-9-10-14(11-13(12)2)15(16(3,4)5)18-20(19)17(6,7)8/h9-11,15,18H,1-8H3/t15-,20+/m0/s1. The van der Waals surface area contributed by atoms with Gasteiger partial charge in [0.05, 0.1) is 15.7 Å². The Kier molecular flexibility index (Phi) is 5.20. The minimum atomic E-state index is -1.08. The van der Waals surface area contributed by atoms with Crippen LogP contribution in [0.25, 0.3) is 0 Å². The van der Waals surface area contributed by atoms with Gasteiger partial charge in [0.2, 0.25) is 0 Å². The van der Waals surface area contributed by atoms with Crippen LogP contribution in [0.3, 0.4) is 0 Å². The van der Waals surface area contributed by atoms with Crippen LogP contribution in [-0.4, -0.2) is 8.96 Å². The summed E-state index contributed by atoms with van der Waals surface area (Å²) in [6.45, 7) is 16.8.